The molecule has 4 nitrogen and oxygen atoms in total. The lowest BCUT2D eigenvalue weighted by atomic mass is 10.1. The van der Waals surface area contributed by atoms with E-state index in [9.17, 15) is 0 Å². The van der Waals surface area contributed by atoms with Crippen LogP contribution < -0.4 is 5.32 Å². The number of nitrogens with zero attached hydrogens (tertiary/aromatic N) is 3. The third-order valence-electron chi connectivity index (χ3n) is 3.28. The van der Waals surface area contributed by atoms with Crippen LogP contribution in [0.1, 0.15) is 12.0 Å². The van der Waals surface area contributed by atoms with E-state index < -0.39 is 0 Å². The zero-order chi connectivity index (χ0) is 14.7. The minimum atomic E-state index is 0.662. The number of aryl methyl sites for hydroxylation is 1. The molecular formula is C16H15BN4. The molecule has 2 heterocycles. The zero-order valence-corrected chi connectivity index (χ0v) is 11.7. The largest absolute Gasteiger partial charge is 0.387 e. The molecule has 0 unspecified atom stereocenters. The number of allylic oxidation sites excluding steroid dienone is 1. The van der Waals surface area contributed by atoms with Crippen molar-refractivity contribution in [2.24, 2.45) is 0 Å². The van der Waals surface area contributed by atoms with Crippen molar-refractivity contribution in [1.82, 2.24) is 14.4 Å². The summed E-state index contributed by atoms with van der Waals surface area (Å²) in [5, 5.41) is 3.20. The van der Waals surface area contributed by atoms with E-state index >= 15 is 0 Å². The molecule has 0 fully saturated rings. The number of aromatic nitrogens is 3. The molecule has 102 valence electrons. The molecule has 3 rings (SSSR count). The third-order valence-corrected chi connectivity index (χ3v) is 3.28. The molecule has 1 aromatic carbocycles. The Balaban J connectivity index is 1.63. The number of anilines is 1. The van der Waals surface area contributed by atoms with Crippen LogP contribution in [0.4, 0.5) is 5.82 Å². The summed E-state index contributed by atoms with van der Waals surface area (Å²) >= 11 is 0. The van der Waals surface area contributed by atoms with Crippen molar-refractivity contribution >= 4 is 25.0 Å². The lowest BCUT2D eigenvalue weighted by Crippen LogP contribution is -2.03. The van der Waals surface area contributed by atoms with Crippen LogP contribution in [-0.2, 0) is 6.42 Å². The number of hydrogen-bond donors (Lipinski definition) is 1. The van der Waals surface area contributed by atoms with Gasteiger partial charge < -0.3 is 9.79 Å². The maximum Gasteiger partial charge on any atom is 0.236 e. The predicted molar refractivity (Wildman–Crippen MR) is 86.2 cm³/mol. The molecule has 0 aliphatic carbocycles. The van der Waals surface area contributed by atoms with Gasteiger partial charge in [-0.15, -0.1) is 0 Å². The molecule has 0 spiro atoms. The number of benzene rings is 1. The molecule has 0 atom stereocenters. The van der Waals surface area contributed by atoms with Crippen molar-refractivity contribution in [3.63, 3.8) is 0 Å². The van der Waals surface area contributed by atoms with Crippen molar-refractivity contribution in [3.05, 3.63) is 66.6 Å². The fourth-order valence-corrected chi connectivity index (χ4v) is 2.17. The molecular weight excluding hydrogens is 259 g/mol. The van der Waals surface area contributed by atoms with Gasteiger partial charge >= 0.3 is 0 Å². The van der Waals surface area contributed by atoms with Gasteiger partial charge in [-0.3, -0.25) is 0 Å². The molecule has 0 bridgehead atoms. The van der Waals surface area contributed by atoms with Crippen LogP contribution in [0.2, 0.25) is 0 Å². The van der Waals surface area contributed by atoms with Crippen LogP contribution in [0.25, 0.3) is 11.2 Å². The van der Waals surface area contributed by atoms with Crippen molar-refractivity contribution in [2.75, 3.05) is 5.32 Å². The quantitative estimate of drug-likeness (QED) is 0.727. The van der Waals surface area contributed by atoms with Gasteiger partial charge in [0.25, 0.3) is 0 Å². The highest BCUT2D eigenvalue weighted by Gasteiger charge is 2.03. The Hall–Kier alpha value is -2.56. The maximum absolute atomic E-state index is 5.72. The van der Waals surface area contributed by atoms with Gasteiger partial charge in [0, 0.05) is 5.70 Å². The van der Waals surface area contributed by atoms with Crippen molar-refractivity contribution < 1.29 is 0 Å². The summed E-state index contributed by atoms with van der Waals surface area (Å²) in [4.78, 5) is 8.74. The summed E-state index contributed by atoms with van der Waals surface area (Å²) in [5.41, 5.74) is 3.63. The van der Waals surface area contributed by atoms with E-state index in [2.05, 4.69) is 34.0 Å². The topological polar surface area (TPSA) is 42.7 Å². The number of hydrogen-bond acceptors (Lipinski definition) is 3. The first-order chi connectivity index (χ1) is 10.2. The summed E-state index contributed by atoms with van der Waals surface area (Å²) in [5.74, 6) is 0.687. The van der Waals surface area contributed by atoms with E-state index in [0.29, 0.717) is 11.5 Å². The first kappa shape index (κ1) is 13.4. The minimum Gasteiger partial charge on any atom is -0.387 e. The molecule has 2 aromatic heterocycles. The molecule has 0 saturated carbocycles. The lowest BCUT2D eigenvalue weighted by molar-refractivity contribution is 0.946. The van der Waals surface area contributed by atoms with E-state index in [1.165, 1.54) is 10.0 Å². The molecule has 21 heavy (non-hydrogen) atoms. The van der Waals surface area contributed by atoms with Gasteiger partial charge in [0.1, 0.15) is 17.0 Å². The molecule has 0 saturated heterocycles. The Labute approximate surface area is 125 Å². The molecule has 3 aromatic rings. The molecule has 5 heteroatoms. The molecule has 1 N–H and O–H groups in total. The normalized spacial score (nSPS) is 10.7. The molecule has 0 amide bonds. The van der Waals surface area contributed by atoms with E-state index in [1.807, 2.05) is 24.3 Å². The van der Waals surface area contributed by atoms with Gasteiger partial charge in [0.05, 0.1) is 6.20 Å². The van der Waals surface area contributed by atoms with Gasteiger partial charge in [0.2, 0.25) is 7.98 Å². The average molecular weight is 274 g/mol. The second-order valence-corrected chi connectivity index (χ2v) is 4.90. The van der Waals surface area contributed by atoms with Gasteiger partial charge in [-0.05, 0) is 30.7 Å². The van der Waals surface area contributed by atoms with Gasteiger partial charge in [-0.1, -0.05) is 36.9 Å². The SMILES string of the molecule is [B]n1ccc2nc(NC(=C)CCc3ccccc3)cnc21. The highest BCUT2D eigenvalue weighted by atomic mass is 15.1. The standard InChI is InChI=1S/C16H15BN4/c1-12(7-8-13-5-3-2-4-6-13)19-15-11-18-16-14(20-15)9-10-21(16)17/h2-6,9-11H,1,7-8H2,(H,19,20). The number of nitrogens with one attached hydrogen (secondary N) is 1. The number of fused-ring (bicyclic) bond motifs is 1. The van der Waals surface area contributed by atoms with Gasteiger partial charge in [-0.2, -0.15) is 0 Å². The minimum absolute atomic E-state index is 0.662. The highest BCUT2D eigenvalue weighted by molar-refractivity contribution is 6.10. The first-order valence-electron chi connectivity index (χ1n) is 6.80. The maximum atomic E-state index is 5.72. The Morgan fingerprint density at radius 3 is 2.86 bits per heavy atom. The molecule has 0 aliphatic heterocycles. The molecule has 0 aliphatic rings. The first-order valence-corrected chi connectivity index (χ1v) is 6.80. The lowest BCUT2D eigenvalue weighted by Gasteiger charge is -2.09. The summed E-state index contributed by atoms with van der Waals surface area (Å²) in [6.07, 6.45) is 5.20. The van der Waals surface area contributed by atoms with Crippen molar-refractivity contribution in [1.29, 1.82) is 0 Å². The van der Waals surface area contributed by atoms with E-state index in [0.717, 1.165) is 24.1 Å². The number of rotatable bonds is 5. The smallest absolute Gasteiger partial charge is 0.236 e. The second kappa shape index (κ2) is 5.83. The van der Waals surface area contributed by atoms with Crippen LogP contribution in [-0.4, -0.2) is 22.4 Å². The van der Waals surface area contributed by atoms with Crippen LogP contribution >= 0.6 is 0 Å². The van der Waals surface area contributed by atoms with Crippen LogP contribution in [0.15, 0.2) is 61.1 Å². The Kier molecular flexibility index (Phi) is 3.73. The Morgan fingerprint density at radius 1 is 1.24 bits per heavy atom. The highest BCUT2D eigenvalue weighted by Crippen LogP contribution is 2.15. The predicted octanol–water partition coefficient (Wildman–Crippen LogP) is 2.92. The summed E-state index contributed by atoms with van der Waals surface area (Å²) < 4.78 is 1.45. The van der Waals surface area contributed by atoms with Gasteiger partial charge in [0.15, 0.2) is 0 Å². The van der Waals surface area contributed by atoms with Crippen LogP contribution in [0.5, 0.6) is 0 Å². The fraction of sp³-hybridized carbons (Fsp3) is 0.125. The van der Waals surface area contributed by atoms with Crippen LogP contribution in [0, 0.1) is 0 Å². The summed E-state index contributed by atoms with van der Waals surface area (Å²) in [6.45, 7) is 4.04. The Morgan fingerprint density at radius 2 is 2.05 bits per heavy atom. The summed E-state index contributed by atoms with van der Waals surface area (Å²) in [7, 11) is 5.72. The average Bonchev–Trinajstić information content (AvgIpc) is 2.87. The van der Waals surface area contributed by atoms with Crippen molar-refractivity contribution in [2.45, 2.75) is 12.8 Å². The third kappa shape index (κ3) is 3.13. The molecule has 2 radical (unpaired) electrons. The van der Waals surface area contributed by atoms with Gasteiger partial charge in [-0.25, -0.2) is 9.97 Å². The summed E-state index contributed by atoms with van der Waals surface area (Å²) in [6, 6.07) is 12.2. The van der Waals surface area contributed by atoms with Crippen LogP contribution in [0.3, 0.4) is 0 Å². The van der Waals surface area contributed by atoms with E-state index in [-0.39, 0.29) is 0 Å². The van der Waals surface area contributed by atoms with E-state index in [4.69, 9.17) is 7.98 Å². The monoisotopic (exact) mass is 274 g/mol. The second-order valence-electron chi connectivity index (χ2n) is 4.90. The van der Waals surface area contributed by atoms with E-state index in [1.54, 1.807) is 12.4 Å². The fourth-order valence-electron chi connectivity index (χ4n) is 2.17. The Bertz CT molecular complexity index is 764. The van der Waals surface area contributed by atoms with Crippen molar-refractivity contribution in [3.8, 4) is 0 Å². The zero-order valence-electron chi connectivity index (χ0n) is 11.7.